The van der Waals surface area contributed by atoms with Gasteiger partial charge in [0.2, 0.25) is 0 Å². The Hall–Kier alpha value is -4.96. The van der Waals surface area contributed by atoms with Crippen LogP contribution in [0.3, 0.4) is 0 Å². The molecule has 2 aromatic heterocycles. The Kier molecular flexibility index (Phi) is 8.40. The Balaban J connectivity index is 1.08. The van der Waals surface area contributed by atoms with E-state index in [4.69, 9.17) is 18.6 Å². The van der Waals surface area contributed by atoms with Crippen molar-refractivity contribution < 1.29 is 38.1 Å². The van der Waals surface area contributed by atoms with Gasteiger partial charge >= 0.3 is 17.9 Å². The molecule has 1 aliphatic carbocycles. The van der Waals surface area contributed by atoms with Crippen LogP contribution >= 0.6 is 11.3 Å². The van der Waals surface area contributed by atoms with Gasteiger partial charge in [0.15, 0.2) is 16.5 Å². The van der Waals surface area contributed by atoms with Gasteiger partial charge in [-0.15, -0.1) is 11.3 Å². The van der Waals surface area contributed by atoms with Crippen LogP contribution in [0, 0.1) is 25.7 Å². The predicted octanol–water partition coefficient (Wildman–Crippen LogP) is 7.58. The summed E-state index contributed by atoms with van der Waals surface area (Å²) in [5, 5.41) is 12.1. The average molecular weight is 626 g/mol. The molecule has 1 fully saturated rings. The van der Waals surface area contributed by atoms with Crippen molar-refractivity contribution in [3.63, 3.8) is 0 Å². The van der Waals surface area contributed by atoms with E-state index in [1.807, 2.05) is 26.0 Å². The van der Waals surface area contributed by atoms with Gasteiger partial charge in [-0.2, -0.15) is 0 Å². The number of carbonyl (C=O) groups excluding carboxylic acids is 3. The maximum Gasteiger partial charge on any atom is 0.330 e. The molecular formula is C35H31NO8S. The summed E-state index contributed by atoms with van der Waals surface area (Å²) in [5.41, 5.74) is 4.05. The van der Waals surface area contributed by atoms with Gasteiger partial charge < -0.3 is 23.7 Å². The minimum atomic E-state index is -0.511. The van der Waals surface area contributed by atoms with E-state index in [0.29, 0.717) is 58.2 Å². The molecule has 0 aliphatic heterocycles. The largest absolute Gasteiger partial charge is 0.506 e. The van der Waals surface area contributed by atoms with E-state index in [2.05, 4.69) is 17.6 Å². The van der Waals surface area contributed by atoms with Crippen LogP contribution in [-0.4, -0.2) is 28.0 Å². The monoisotopic (exact) mass is 625 g/mol. The van der Waals surface area contributed by atoms with Crippen molar-refractivity contribution in [1.82, 2.24) is 4.98 Å². The summed E-state index contributed by atoms with van der Waals surface area (Å²) in [6.07, 6.45) is 3.06. The van der Waals surface area contributed by atoms with E-state index in [0.717, 1.165) is 33.7 Å². The molecule has 10 heteroatoms. The third-order valence-corrected chi connectivity index (χ3v) is 9.06. The normalized spacial score (nSPS) is 16.4. The molecule has 1 N–H and O–H groups in total. The first-order valence-corrected chi connectivity index (χ1v) is 15.5. The average Bonchev–Trinajstić information content (AvgIpc) is 3.68. The van der Waals surface area contributed by atoms with Crippen molar-refractivity contribution in [1.29, 1.82) is 0 Å². The number of benzene rings is 3. The summed E-state index contributed by atoms with van der Waals surface area (Å²) in [6, 6.07) is 15.8. The number of carbonyl (C=O) groups is 3. The van der Waals surface area contributed by atoms with Crippen molar-refractivity contribution in [3.8, 4) is 28.0 Å². The number of furan rings is 1. The highest BCUT2D eigenvalue weighted by atomic mass is 32.1. The van der Waals surface area contributed by atoms with Gasteiger partial charge in [-0.3, -0.25) is 9.59 Å². The number of phenolic OH excluding ortho intramolecular Hbond substituents is 1. The number of ether oxygens (including phenoxy) is 3. The quantitative estimate of drug-likeness (QED) is 0.106. The van der Waals surface area contributed by atoms with Crippen LogP contribution in [0.2, 0.25) is 0 Å². The SMILES string of the molecule is C=CC(=O)OCc1ccc(OC(=O)[C@H]2CC[C@H](C(=O)Oc3ccc(O)c4nc(-c5cc6c(C)cc(C)cc6o5)sc34)CC2)cc1. The van der Waals surface area contributed by atoms with E-state index in [-0.39, 0.29) is 36.1 Å². The number of hydrogen-bond acceptors (Lipinski definition) is 10. The lowest BCUT2D eigenvalue weighted by atomic mass is 9.82. The second kappa shape index (κ2) is 12.6. The second-order valence-electron chi connectivity index (χ2n) is 11.2. The van der Waals surface area contributed by atoms with Gasteiger partial charge in [-0.1, -0.05) is 24.8 Å². The summed E-state index contributed by atoms with van der Waals surface area (Å²) < 4.78 is 23.1. The van der Waals surface area contributed by atoms with Gasteiger partial charge in [0, 0.05) is 11.5 Å². The molecule has 2 heterocycles. The molecule has 0 atom stereocenters. The van der Waals surface area contributed by atoms with E-state index in [1.165, 1.54) is 17.4 Å². The van der Waals surface area contributed by atoms with Gasteiger partial charge in [-0.25, -0.2) is 9.78 Å². The smallest absolute Gasteiger partial charge is 0.330 e. The van der Waals surface area contributed by atoms with Gasteiger partial charge in [0.25, 0.3) is 0 Å². The first-order chi connectivity index (χ1) is 21.7. The molecule has 9 nitrogen and oxygen atoms in total. The minimum Gasteiger partial charge on any atom is -0.506 e. The molecule has 3 aromatic carbocycles. The fourth-order valence-electron chi connectivity index (χ4n) is 5.57. The lowest BCUT2D eigenvalue weighted by molar-refractivity contribution is -0.145. The van der Waals surface area contributed by atoms with Crippen molar-refractivity contribution in [2.24, 2.45) is 11.8 Å². The number of nitrogens with zero attached hydrogens (tertiary/aromatic N) is 1. The van der Waals surface area contributed by atoms with Crippen LogP contribution < -0.4 is 9.47 Å². The standard InChI is InChI=1S/C35H31NO8S/c1-4-30(38)41-18-21-5-11-24(12-6-21)42-34(39)22-7-9-23(10-8-22)35(40)44-27-14-13-26(37)31-32(27)45-33(36-31)29-17-25-20(3)15-19(2)16-28(25)43-29/h4-6,11-17,22-23,37H,1,7-10,18H2,2-3H3/t22-,23-. The number of aromatic hydroxyl groups is 1. The van der Waals surface area contributed by atoms with E-state index in [1.54, 1.807) is 30.3 Å². The van der Waals surface area contributed by atoms with Crippen molar-refractivity contribution in [2.75, 3.05) is 0 Å². The Labute approximate surface area is 263 Å². The van der Waals surface area contributed by atoms with Crippen LogP contribution in [0.25, 0.3) is 32.0 Å². The number of rotatable bonds is 8. The molecule has 0 bridgehead atoms. The summed E-state index contributed by atoms with van der Waals surface area (Å²) in [5.74, 6) is -0.660. The number of phenols is 1. The lowest BCUT2D eigenvalue weighted by Crippen LogP contribution is -2.30. The minimum absolute atomic E-state index is 0.0137. The van der Waals surface area contributed by atoms with Crippen molar-refractivity contribution in [2.45, 2.75) is 46.1 Å². The number of fused-ring (bicyclic) bond motifs is 2. The summed E-state index contributed by atoms with van der Waals surface area (Å²) >= 11 is 1.29. The number of aromatic nitrogens is 1. The molecule has 1 aliphatic rings. The van der Waals surface area contributed by atoms with E-state index >= 15 is 0 Å². The van der Waals surface area contributed by atoms with Crippen LogP contribution in [0.1, 0.15) is 42.4 Å². The highest BCUT2D eigenvalue weighted by Crippen LogP contribution is 2.42. The second-order valence-corrected chi connectivity index (χ2v) is 12.2. The van der Waals surface area contributed by atoms with E-state index in [9.17, 15) is 19.5 Å². The Morgan fingerprint density at radius 2 is 1.67 bits per heavy atom. The number of esters is 3. The third-order valence-electron chi connectivity index (χ3n) is 7.98. The maximum atomic E-state index is 13.2. The molecule has 45 heavy (non-hydrogen) atoms. The molecule has 6 rings (SSSR count). The zero-order valence-electron chi connectivity index (χ0n) is 24.8. The fourth-order valence-corrected chi connectivity index (χ4v) is 6.56. The molecule has 0 amide bonds. The third kappa shape index (κ3) is 6.46. The number of thiazole rings is 1. The van der Waals surface area contributed by atoms with Crippen molar-refractivity contribution >= 4 is 50.4 Å². The molecule has 0 spiro atoms. The first kappa shape index (κ1) is 30.1. The van der Waals surface area contributed by atoms with Gasteiger partial charge in [-0.05, 0) is 92.6 Å². The number of hydrogen-bond donors (Lipinski definition) is 1. The molecular weight excluding hydrogens is 594 g/mol. The lowest BCUT2D eigenvalue weighted by Gasteiger charge is -2.25. The highest BCUT2D eigenvalue weighted by molar-refractivity contribution is 7.22. The molecule has 0 unspecified atom stereocenters. The first-order valence-electron chi connectivity index (χ1n) is 14.6. The van der Waals surface area contributed by atoms with Crippen LogP contribution in [0.4, 0.5) is 0 Å². The summed E-state index contributed by atoms with van der Waals surface area (Å²) in [6.45, 7) is 7.50. The highest BCUT2D eigenvalue weighted by Gasteiger charge is 2.32. The molecule has 0 radical (unpaired) electrons. The van der Waals surface area contributed by atoms with Crippen LogP contribution in [0.15, 0.2) is 71.7 Å². The molecule has 230 valence electrons. The molecule has 1 saturated carbocycles. The zero-order chi connectivity index (χ0) is 31.7. The van der Waals surface area contributed by atoms with Crippen molar-refractivity contribution in [3.05, 3.63) is 83.9 Å². The summed E-state index contributed by atoms with van der Waals surface area (Å²) in [7, 11) is 0. The number of aryl methyl sites for hydroxylation is 2. The van der Waals surface area contributed by atoms with Gasteiger partial charge in [0.1, 0.15) is 33.9 Å². The topological polar surface area (TPSA) is 125 Å². The van der Waals surface area contributed by atoms with Gasteiger partial charge in [0.05, 0.1) is 11.8 Å². The van der Waals surface area contributed by atoms with Crippen LogP contribution in [0.5, 0.6) is 17.2 Å². The molecule has 0 saturated heterocycles. The maximum absolute atomic E-state index is 13.2. The molecule has 5 aromatic rings. The Morgan fingerprint density at radius 3 is 2.36 bits per heavy atom. The van der Waals surface area contributed by atoms with E-state index < -0.39 is 5.97 Å². The summed E-state index contributed by atoms with van der Waals surface area (Å²) in [4.78, 5) is 41.9. The Morgan fingerprint density at radius 1 is 0.978 bits per heavy atom. The zero-order valence-corrected chi connectivity index (χ0v) is 25.6. The fraction of sp³-hybridized carbons (Fsp3) is 0.257. The Bertz CT molecular complexity index is 1930. The predicted molar refractivity (Wildman–Crippen MR) is 169 cm³/mol. The van der Waals surface area contributed by atoms with Crippen LogP contribution in [-0.2, 0) is 25.7 Å².